The van der Waals surface area contributed by atoms with Crippen LogP contribution in [-0.2, 0) is 6.61 Å². The molecule has 0 saturated carbocycles. The van der Waals surface area contributed by atoms with E-state index in [9.17, 15) is 4.79 Å². The number of aromatic carboxylic acids is 1. The Morgan fingerprint density at radius 3 is 3.00 bits per heavy atom. The lowest BCUT2D eigenvalue weighted by Gasteiger charge is -2.08. The first-order valence-electron chi connectivity index (χ1n) is 4.69. The van der Waals surface area contributed by atoms with Crippen molar-refractivity contribution in [2.75, 3.05) is 0 Å². The molecule has 2 aromatic rings. The number of carboxylic acid groups (broad SMARTS) is 1. The molecule has 4 nitrogen and oxygen atoms in total. The Morgan fingerprint density at radius 2 is 2.35 bits per heavy atom. The fraction of sp³-hybridized carbons (Fsp3) is 0.0909. The maximum absolute atomic E-state index is 11.0. The molecule has 1 heterocycles. The molecule has 88 valence electrons. The highest BCUT2D eigenvalue weighted by Crippen LogP contribution is 2.22. The van der Waals surface area contributed by atoms with Gasteiger partial charge in [0, 0.05) is 8.95 Å². The van der Waals surface area contributed by atoms with Crippen LogP contribution >= 0.6 is 33.9 Å². The van der Waals surface area contributed by atoms with Gasteiger partial charge in [-0.2, -0.15) is 0 Å². The van der Waals surface area contributed by atoms with Crippen molar-refractivity contribution in [2.24, 2.45) is 0 Å². The van der Waals surface area contributed by atoms with Crippen LogP contribution in [0.4, 0.5) is 0 Å². The minimum absolute atomic E-state index is 0.173. The second-order valence-electron chi connectivity index (χ2n) is 3.21. The van der Waals surface area contributed by atoms with Crippen molar-refractivity contribution in [3.63, 3.8) is 0 Å². The van der Waals surface area contributed by atoms with Gasteiger partial charge in [0.1, 0.15) is 17.9 Å². The average molecular weight is 361 g/mol. The molecule has 2 rings (SSSR count). The van der Waals surface area contributed by atoms with E-state index in [2.05, 4.69) is 27.6 Å². The molecular formula is C11H8INO3S. The molecule has 1 aromatic carbocycles. The van der Waals surface area contributed by atoms with Crippen molar-refractivity contribution in [1.82, 2.24) is 4.98 Å². The van der Waals surface area contributed by atoms with Crippen molar-refractivity contribution in [2.45, 2.75) is 6.61 Å². The van der Waals surface area contributed by atoms with Crippen molar-refractivity contribution in [3.8, 4) is 5.75 Å². The minimum atomic E-state index is -0.989. The van der Waals surface area contributed by atoms with Gasteiger partial charge in [-0.3, -0.25) is 0 Å². The van der Waals surface area contributed by atoms with Gasteiger partial charge in [-0.1, -0.05) is 0 Å². The molecule has 0 spiro atoms. The number of aromatic nitrogens is 1. The van der Waals surface area contributed by atoms with Gasteiger partial charge in [-0.05, 0) is 40.8 Å². The summed E-state index contributed by atoms with van der Waals surface area (Å²) in [5.41, 5.74) is 2.68. The third-order valence-corrected chi connectivity index (χ3v) is 3.34. The third-order valence-electron chi connectivity index (χ3n) is 2.03. The Kier molecular flexibility index (Phi) is 3.95. The maximum Gasteiger partial charge on any atom is 0.339 e. The van der Waals surface area contributed by atoms with E-state index in [0.29, 0.717) is 5.75 Å². The van der Waals surface area contributed by atoms with Crippen LogP contribution in [0, 0.1) is 3.57 Å². The van der Waals surface area contributed by atoms with Gasteiger partial charge in [-0.25, -0.2) is 9.78 Å². The van der Waals surface area contributed by atoms with Crippen molar-refractivity contribution in [1.29, 1.82) is 0 Å². The second kappa shape index (κ2) is 5.46. The van der Waals surface area contributed by atoms with Gasteiger partial charge >= 0.3 is 5.97 Å². The highest BCUT2D eigenvalue weighted by atomic mass is 127. The molecule has 0 aliphatic carbocycles. The molecule has 1 aromatic heterocycles. The van der Waals surface area contributed by atoms with E-state index in [1.54, 1.807) is 17.6 Å². The van der Waals surface area contributed by atoms with Crippen LogP contribution in [0.5, 0.6) is 5.75 Å². The number of ether oxygens (including phenoxy) is 1. The van der Waals surface area contributed by atoms with E-state index < -0.39 is 5.97 Å². The minimum Gasteiger partial charge on any atom is -0.486 e. The number of nitrogens with zero attached hydrogens (tertiary/aromatic N) is 1. The van der Waals surface area contributed by atoms with Gasteiger partial charge in [0.25, 0.3) is 0 Å². The number of hydrogen-bond acceptors (Lipinski definition) is 4. The normalized spacial score (nSPS) is 10.2. The Balaban J connectivity index is 2.17. The average Bonchev–Trinajstić information content (AvgIpc) is 2.80. The zero-order valence-electron chi connectivity index (χ0n) is 8.59. The van der Waals surface area contributed by atoms with Crippen LogP contribution < -0.4 is 4.74 Å². The number of carbonyl (C=O) groups is 1. The summed E-state index contributed by atoms with van der Waals surface area (Å²) in [6, 6.07) is 5.06. The van der Waals surface area contributed by atoms with Gasteiger partial charge in [0.15, 0.2) is 0 Å². The van der Waals surface area contributed by atoms with Crippen LogP contribution in [0.3, 0.4) is 0 Å². The first-order valence-corrected chi connectivity index (χ1v) is 6.71. The van der Waals surface area contributed by atoms with Crippen molar-refractivity contribution >= 4 is 39.9 Å². The zero-order valence-corrected chi connectivity index (χ0v) is 11.6. The largest absolute Gasteiger partial charge is 0.486 e. The van der Waals surface area contributed by atoms with E-state index in [-0.39, 0.29) is 12.2 Å². The lowest BCUT2D eigenvalue weighted by atomic mass is 10.2. The van der Waals surface area contributed by atoms with Crippen LogP contribution in [0.15, 0.2) is 29.1 Å². The first kappa shape index (κ1) is 12.3. The quantitative estimate of drug-likeness (QED) is 0.851. The predicted octanol–water partition coefficient (Wildman–Crippen LogP) is 3.02. The molecule has 0 aliphatic rings. The topological polar surface area (TPSA) is 59.4 Å². The summed E-state index contributed by atoms with van der Waals surface area (Å²) in [6.07, 6.45) is 0. The molecule has 1 N–H and O–H groups in total. The Bertz CT molecular complexity index is 528. The molecule has 17 heavy (non-hydrogen) atoms. The monoisotopic (exact) mass is 361 g/mol. The number of rotatable bonds is 4. The van der Waals surface area contributed by atoms with Crippen molar-refractivity contribution < 1.29 is 14.6 Å². The molecule has 0 bridgehead atoms. The summed E-state index contributed by atoms with van der Waals surface area (Å²) in [6.45, 7) is 0.282. The molecule has 0 fully saturated rings. The molecule has 0 saturated heterocycles. The number of thiazole rings is 1. The van der Waals surface area contributed by atoms with E-state index in [1.807, 2.05) is 11.4 Å². The number of halogens is 1. The predicted molar refractivity (Wildman–Crippen MR) is 72.6 cm³/mol. The highest BCUT2D eigenvalue weighted by Gasteiger charge is 2.12. The lowest BCUT2D eigenvalue weighted by molar-refractivity contribution is 0.0691. The highest BCUT2D eigenvalue weighted by molar-refractivity contribution is 14.1. The molecule has 0 unspecified atom stereocenters. The fourth-order valence-corrected chi connectivity index (χ4v) is 2.29. The van der Waals surface area contributed by atoms with E-state index in [1.165, 1.54) is 11.3 Å². The Labute approximate surface area is 115 Å². The summed E-state index contributed by atoms with van der Waals surface area (Å²) < 4.78 is 6.32. The van der Waals surface area contributed by atoms with E-state index >= 15 is 0 Å². The first-order chi connectivity index (χ1) is 8.16. The van der Waals surface area contributed by atoms with Crippen molar-refractivity contribution in [3.05, 3.63) is 43.9 Å². The summed E-state index contributed by atoms with van der Waals surface area (Å²) in [5.74, 6) is -0.622. The van der Waals surface area contributed by atoms with E-state index in [0.717, 1.165) is 9.26 Å². The number of benzene rings is 1. The SMILES string of the molecule is O=C(O)c1cc(I)ccc1OCc1cscn1. The smallest absolute Gasteiger partial charge is 0.339 e. The molecular weight excluding hydrogens is 353 g/mol. The summed E-state index contributed by atoms with van der Waals surface area (Å²) in [5, 5.41) is 10.9. The standard InChI is InChI=1S/C11H8INO3S/c12-7-1-2-10(9(3-7)11(14)15)16-4-8-5-17-6-13-8/h1-3,5-6H,4H2,(H,14,15). The zero-order chi connectivity index (χ0) is 12.3. The molecule has 0 atom stereocenters. The maximum atomic E-state index is 11.0. The van der Waals surface area contributed by atoms with Gasteiger partial charge in [0.2, 0.25) is 0 Å². The van der Waals surface area contributed by atoms with Gasteiger partial charge in [0.05, 0.1) is 11.2 Å². The van der Waals surface area contributed by atoms with Gasteiger partial charge in [-0.15, -0.1) is 11.3 Å². The molecule has 6 heteroatoms. The van der Waals surface area contributed by atoms with Crippen LogP contribution in [0.25, 0.3) is 0 Å². The third kappa shape index (κ3) is 3.16. The Hall–Kier alpha value is -1.15. The number of hydrogen-bond donors (Lipinski definition) is 1. The van der Waals surface area contributed by atoms with E-state index in [4.69, 9.17) is 9.84 Å². The van der Waals surface area contributed by atoms with Crippen LogP contribution in [0.2, 0.25) is 0 Å². The fourth-order valence-electron chi connectivity index (χ4n) is 1.26. The summed E-state index contributed by atoms with van der Waals surface area (Å²) >= 11 is 3.54. The van der Waals surface area contributed by atoms with Crippen LogP contribution in [0.1, 0.15) is 16.1 Å². The second-order valence-corrected chi connectivity index (χ2v) is 5.18. The summed E-state index contributed by atoms with van der Waals surface area (Å²) in [7, 11) is 0. The van der Waals surface area contributed by atoms with Gasteiger partial charge < -0.3 is 9.84 Å². The molecule has 0 amide bonds. The molecule has 0 aliphatic heterocycles. The lowest BCUT2D eigenvalue weighted by Crippen LogP contribution is -2.04. The molecule has 0 radical (unpaired) electrons. The Morgan fingerprint density at radius 1 is 1.53 bits per heavy atom. The van der Waals surface area contributed by atoms with Crippen LogP contribution in [-0.4, -0.2) is 16.1 Å². The summed E-state index contributed by atoms with van der Waals surface area (Å²) in [4.78, 5) is 15.1. The number of carboxylic acids is 1.